The number of hydrogen-bond acceptors (Lipinski definition) is 3. The monoisotopic (exact) mass is 896 g/mol. The Balaban J connectivity index is 0.000000183. The molecule has 0 unspecified atom stereocenters. The molecule has 265 valence electrons. The molecule has 0 spiro atoms. The zero-order chi connectivity index (χ0) is 39.3. The number of aromatic nitrogens is 2. The van der Waals surface area contributed by atoms with Gasteiger partial charge in [0, 0.05) is 44.1 Å². The van der Waals surface area contributed by atoms with Crippen LogP contribution in [0.1, 0.15) is 74.4 Å². The Morgan fingerprint density at radius 3 is 2.37 bits per heavy atom. The summed E-state index contributed by atoms with van der Waals surface area (Å²) < 4.78 is 45.5. The number of aryl methyl sites for hydroxylation is 1. The van der Waals surface area contributed by atoms with Crippen molar-refractivity contribution in [1.82, 2.24) is 9.97 Å². The van der Waals surface area contributed by atoms with Crippen molar-refractivity contribution in [1.29, 1.82) is 0 Å². The molecule has 5 heteroatoms. The molecule has 4 aromatic carbocycles. The molecule has 9 rings (SSSR count). The van der Waals surface area contributed by atoms with Gasteiger partial charge in [-0.1, -0.05) is 110 Å². The second-order valence-electron chi connectivity index (χ2n) is 14.5. The third-order valence-electron chi connectivity index (χ3n) is 10.0. The summed E-state index contributed by atoms with van der Waals surface area (Å²) in [5, 5.41) is 3.59. The molecule has 0 N–H and O–H groups in total. The number of thiophene rings is 1. The first-order valence-corrected chi connectivity index (χ1v) is 22.5. The Hall–Kier alpha value is -3.73. The van der Waals surface area contributed by atoms with Gasteiger partial charge < -0.3 is 9.97 Å². The maximum atomic E-state index is 9.13. The van der Waals surface area contributed by atoms with E-state index in [1.165, 1.54) is 30.0 Å². The van der Waals surface area contributed by atoms with Crippen molar-refractivity contribution >= 4 is 44.8 Å². The molecule has 52 heavy (non-hydrogen) atoms. The van der Waals surface area contributed by atoms with E-state index in [2.05, 4.69) is 85.4 Å². The summed E-state index contributed by atoms with van der Waals surface area (Å²) in [6.45, 7) is 7.07. The maximum absolute atomic E-state index is 9.13. The number of nitrogens with zero attached hydrogens (tertiary/aromatic N) is 2. The fourth-order valence-electron chi connectivity index (χ4n) is 7.38. The van der Waals surface area contributed by atoms with Gasteiger partial charge in [0.2, 0.25) is 0 Å². The molecule has 7 aromatic rings. The van der Waals surface area contributed by atoms with Crippen molar-refractivity contribution in [3.63, 3.8) is 0 Å². The van der Waals surface area contributed by atoms with Crippen LogP contribution in [-0.4, -0.2) is 18.0 Å². The SMILES string of the molecule is [2H]C1([2H])CCC([2H])([2H])c2c1ccnc2-c1[c-]ccc2c1sc1cc(-c3ccccc3)ccc12.[2H]C1(c2cc(-c3[c-]cccc3)ncc2[Si](C)(C)C)CCCCC1.[Ir]. The summed E-state index contributed by atoms with van der Waals surface area (Å²) in [5.41, 5.74) is 7.55. The first-order valence-electron chi connectivity index (χ1n) is 20.7. The third-order valence-corrected chi connectivity index (χ3v) is 13.2. The Labute approximate surface area is 335 Å². The van der Waals surface area contributed by atoms with Crippen LogP contribution in [0.5, 0.6) is 0 Å². The zero-order valence-corrected chi connectivity index (χ0v) is 34.2. The summed E-state index contributed by atoms with van der Waals surface area (Å²) in [4.78, 5) is 9.30. The van der Waals surface area contributed by atoms with Gasteiger partial charge in [0.25, 0.3) is 0 Å². The van der Waals surface area contributed by atoms with Crippen molar-refractivity contribution in [3.8, 4) is 33.6 Å². The van der Waals surface area contributed by atoms with Gasteiger partial charge in [0.05, 0.1) is 8.07 Å². The van der Waals surface area contributed by atoms with Gasteiger partial charge in [-0.05, 0) is 94.2 Å². The van der Waals surface area contributed by atoms with Crippen LogP contribution < -0.4 is 5.19 Å². The van der Waals surface area contributed by atoms with E-state index in [1.54, 1.807) is 23.6 Å². The predicted molar refractivity (Wildman–Crippen MR) is 221 cm³/mol. The molecule has 1 saturated carbocycles. The van der Waals surface area contributed by atoms with E-state index >= 15 is 0 Å². The average Bonchev–Trinajstić information content (AvgIpc) is 3.58. The number of benzene rings is 4. The summed E-state index contributed by atoms with van der Waals surface area (Å²) >= 11 is 1.66. The zero-order valence-electron chi connectivity index (χ0n) is 35.0. The van der Waals surface area contributed by atoms with E-state index in [9.17, 15) is 0 Å². The number of rotatable bonds is 5. The summed E-state index contributed by atoms with van der Waals surface area (Å²) in [5.74, 6) is -0.430. The van der Waals surface area contributed by atoms with Crippen molar-refractivity contribution in [2.75, 3.05) is 0 Å². The number of fused-ring (bicyclic) bond motifs is 4. The number of hydrogen-bond donors (Lipinski definition) is 0. The second kappa shape index (κ2) is 16.1. The molecular formula is C47H46IrN2SSi-2. The van der Waals surface area contributed by atoms with Crippen LogP contribution in [-0.2, 0) is 32.9 Å². The molecule has 0 bridgehead atoms. The van der Waals surface area contributed by atoms with E-state index in [0.717, 1.165) is 61.0 Å². The van der Waals surface area contributed by atoms with Gasteiger partial charge in [-0.2, -0.15) is 11.3 Å². The van der Waals surface area contributed by atoms with Crippen LogP contribution in [0.2, 0.25) is 19.6 Å². The van der Waals surface area contributed by atoms with Gasteiger partial charge in [0.15, 0.2) is 0 Å². The minimum atomic E-state index is -1.64. The average molecular weight is 896 g/mol. The van der Waals surface area contributed by atoms with Crippen molar-refractivity contribution in [2.45, 2.75) is 83.2 Å². The van der Waals surface area contributed by atoms with Crippen LogP contribution in [0.15, 0.2) is 109 Å². The van der Waals surface area contributed by atoms with Crippen LogP contribution in [0.25, 0.3) is 53.8 Å². The van der Waals surface area contributed by atoms with Crippen LogP contribution in [0, 0.1) is 12.1 Å². The first kappa shape index (κ1) is 30.7. The smallest absolute Gasteiger partial charge is 0.0799 e. The van der Waals surface area contributed by atoms with Crippen LogP contribution in [0.3, 0.4) is 0 Å². The first-order chi connectivity index (χ1) is 26.8. The summed E-state index contributed by atoms with van der Waals surface area (Å²) in [7, 11) is -1.53. The van der Waals surface area contributed by atoms with Crippen molar-refractivity contribution < 1.29 is 27.0 Å². The van der Waals surface area contributed by atoms with E-state index in [0.29, 0.717) is 16.8 Å². The van der Waals surface area contributed by atoms with Gasteiger partial charge in [-0.3, -0.25) is 0 Å². The molecule has 1 radical (unpaired) electrons. The quantitative estimate of drug-likeness (QED) is 0.127. The fourth-order valence-corrected chi connectivity index (χ4v) is 10.1. The van der Waals surface area contributed by atoms with E-state index < -0.39 is 26.7 Å². The van der Waals surface area contributed by atoms with Gasteiger partial charge >= 0.3 is 0 Å². The molecule has 0 atom stereocenters. The minimum absolute atomic E-state index is 0. The van der Waals surface area contributed by atoms with Gasteiger partial charge in [-0.25, -0.2) is 0 Å². The molecule has 0 amide bonds. The van der Waals surface area contributed by atoms with Gasteiger partial charge in [0.1, 0.15) is 0 Å². The predicted octanol–water partition coefficient (Wildman–Crippen LogP) is 12.6. The normalized spacial score (nSPS) is 18.6. The Morgan fingerprint density at radius 2 is 1.58 bits per heavy atom. The molecule has 2 nitrogen and oxygen atoms in total. The van der Waals surface area contributed by atoms with Crippen LogP contribution in [0.4, 0.5) is 0 Å². The molecule has 1 fully saturated rings. The Morgan fingerprint density at radius 1 is 0.769 bits per heavy atom. The largest absolute Gasteiger partial charge is 0.305 e. The maximum Gasteiger partial charge on any atom is 0.0799 e. The van der Waals surface area contributed by atoms with Gasteiger partial charge in [-0.15, -0.1) is 59.7 Å². The Bertz CT molecular complexity index is 2530. The van der Waals surface area contributed by atoms with E-state index in [-0.39, 0.29) is 32.9 Å². The van der Waals surface area contributed by atoms with Crippen LogP contribution >= 0.6 is 11.3 Å². The molecule has 0 saturated heterocycles. The van der Waals surface area contributed by atoms with Crippen molar-refractivity contribution in [3.05, 3.63) is 138 Å². The van der Waals surface area contributed by atoms with E-state index in [4.69, 9.17) is 11.8 Å². The molecular weight excluding hydrogens is 845 g/mol. The summed E-state index contributed by atoms with van der Waals surface area (Å²) in [6.07, 6.45) is 6.31. The molecule has 3 heterocycles. The minimum Gasteiger partial charge on any atom is -0.305 e. The molecule has 3 aromatic heterocycles. The topological polar surface area (TPSA) is 25.8 Å². The molecule has 2 aliphatic carbocycles. The molecule has 2 aliphatic rings. The Kier molecular flexibility index (Phi) is 9.51. The fraction of sp³-hybridized carbons (Fsp3) is 0.277. The molecule has 0 aliphatic heterocycles. The van der Waals surface area contributed by atoms with E-state index in [1.807, 2.05) is 48.5 Å². The third kappa shape index (κ3) is 7.66. The standard InChI is InChI=1S/C27H20NS.C20H26NSi.Ir/c1-2-7-18(8-3-1)20-13-14-22-23-11-6-12-24(27(23)29-25(22)17-20)26-21-10-5-4-9-19(21)15-16-28-26;1-22(2,3)20-15-21-19(17-12-8-5-9-13-17)14-18(20)16-10-6-4-7-11-16;/h1-3,6-8,11,13-17H,4-5,9-10H2;5,8-9,12,14-16H,4,6-7,10-11H2,1-3H3;/q2*-1;/i9D2,10D2;16D;. The van der Waals surface area contributed by atoms with Crippen molar-refractivity contribution in [2.24, 2.45) is 0 Å². The summed E-state index contributed by atoms with van der Waals surface area (Å²) in [6, 6.07) is 39.1. The second-order valence-corrected chi connectivity index (χ2v) is 20.6. The number of pyridine rings is 2.